The van der Waals surface area contributed by atoms with E-state index < -0.39 is 0 Å². The highest BCUT2D eigenvalue weighted by Crippen LogP contribution is 2.28. The van der Waals surface area contributed by atoms with Crippen LogP contribution in [0.15, 0.2) is 36.4 Å². The second-order valence-electron chi connectivity index (χ2n) is 5.71. The fraction of sp³-hybridized carbons (Fsp3) is 0.444. The molecule has 3 nitrogen and oxygen atoms in total. The van der Waals surface area contributed by atoms with Gasteiger partial charge in [-0.1, -0.05) is 37.3 Å². The molecule has 0 heterocycles. The number of benzene rings is 2. The Hall–Kier alpha value is -1.58. The summed E-state index contributed by atoms with van der Waals surface area (Å²) < 4.78 is 5.43. The predicted octanol–water partition coefficient (Wildman–Crippen LogP) is 3.49. The molecule has 1 atom stereocenters. The van der Waals surface area contributed by atoms with Gasteiger partial charge in [-0.3, -0.25) is 0 Å². The van der Waals surface area contributed by atoms with Crippen molar-refractivity contribution in [3.8, 4) is 5.75 Å². The minimum absolute atomic E-state index is 0.0320. The van der Waals surface area contributed by atoms with Crippen molar-refractivity contribution in [3.63, 3.8) is 0 Å². The number of aliphatic hydroxyl groups is 1. The van der Waals surface area contributed by atoms with E-state index in [2.05, 4.69) is 43.4 Å². The summed E-state index contributed by atoms with van der Waals surface area (Å²) in [5.74, 6) is 0.906. The van der Waals surface area contributed by atoms with Gasteiger partial charge in [0.05, 0.1) is 7.11 Å². The highest BCUT2D eigenvalue weighted by molar-refractivity contribution is 5.91. The molecule has 0 aliphatic rings. The first-order valence-corrected chi connectivity index (χ1v) is 7.54. The Bertz CT molecular complexity index is 597. The zero-order valence-electron chi connectivity index (χ0n) is 13.1. The molecule has 2 rings (SSSR count). The lowest BCUT2D eigenvalue weighted by Crippen LogP contribution is -2.42. The van der Waals surface area contributed by atoms with Gasteiger partial charge in [-0.05, 0) is 36.8 Å². The Morgan fingerprint density at radius 1 is 1.14 bits per heavy atom. The summed E-state index contributed by atoms with van der Waals surface area (Å²) in [6, 6.07) is 12.4. The van der Waals surface area contributed by atoms with Crippen molar-refractivity contribution < 1.29 is 9.84 Å². The fourth-order valence-electron chi connectivity index (χ4n) is 2.61. The van der Waals surface area contributed by atoms with Gasteiger partial charge in [-0.25, -0.2) is 0 Å². The molecule has 2 aromatic rings. The summed E-state index contributed by atoms with van der Waals surface area (Å²) in [5.41, 5.74) is 1.22. The van der Waals surface area contributed by atoms with Crippen molar-refractivity contribution in [1.29, 1.82) is 0 Å². The molecule has 0 saturated carbocycles. The maximum atomic E-state index is 9.21. The third-order valence-electron chi connectivity index (χ3n) is 4.34. The van der Waals surface area contributed by atoms with Gasteiger partial charge < -0.3 is 15.2 Å². The van der Waals surface area contributed by atoms with E-state index in [1.807, 2.05) is 12.1 Å². The number of hydrogen-bond donors (Lipinski definition) is 2. The molecule has 0 aliphatic carbocycles. The summed E-state index contributed by atoms with van der Waals surface area (Å²) in [4.78, 5) is 0. The SMILES string of the molecule is CCC(C)(CCO)NCc1ccc(OC)c2ccccc12. The highest BCUT2D eigenvalue weighted by Gasteiger charge is 2.20. The zero-order chi connectivity index (χ0) is 15.3. The van der Waals surface area contributed by atoms with Crippen LogP contribution in [0.5, 0.6) is 5.75 Å². The van der Waals surface area contributed by atoms with Crippen molar-refractivity contribution in [1.82, 2.24) is 5.32 Å². The van der Waals surface area contributed by atoms with Crippen LogP contribution in [-0.2, 0) is 6.54 Å². The van der Waals surface area contributed by atoms with E-state index in [9.17, 15) is 5.11 Å². The van der Waals surface area contributed by atoms with E-state index in [1.165, 1.54) is 10.9 Å². The quantitative estimate of drug-likeness (QED) is 0.819. The van der Waals surface area contributed by atoms with Crippen LogP contribution < -0.4 is 10.1 Å². The molecule has 0 bridgehead atoms. The van der Waals surface area contributed by atoms with Gasteiger partial charge >= 0.3 is 0 Å². The largest absolute Gasteiger partial charge is 0.496 e. The molecule has 0 aromatic heterocycles. The van der Waals surface area contributed by atoms with Crippen LogP contribution in [0.25, 0.3) is 10.8 Å². The highest BCUT2D eigenvalue weighted by atomic mass is 16.5. The first kappa shape index (κ1) is 15.8. The van der Waals surface area contributed by atoms with Crippen molar-refractivity contribution in [3.05, 3.63) is 42.0 Å². The summed E-state index contributed by atoms with van der Waals surface area (Å²) >= 11 is 0. The van der Waals surface area contributed by atoms with Gasteiger partial charge in [-0.2, -0.15) is 0 Å². The minimum atomic E-state index is -0.0320. The predicted molar refractivity (Wildman–Crippen MR) is 87.7 cm³/mol. The van der Waals surface area contributed by atoms with Crippen LogP contribution in [0.1, 0.15) is 32.3 Å². The molecule has 21 heavy (non-hydrogen) atoms. The van der Waals surface area contributed by atoms with Crippen LogP contribution in [-0.4, -0.2) is 24.4 Å². The van der Waals surface area contributed by atoms with Crippen LogP contribution in [0.3, 0.4) is 0 Å². The number of hydrogen-bond acceptors (Lipinski definition) is 3. The fourth-order valence-corrected chi connectivity index (χ4v) is 2.61. The number of aliphatic hydroxyl groups excluding tert-OH is 1. The van der Waals surface area contributed by atoms with Crippen LogP contribution >= 0.6 is 0 Å². The summed E-state index contributed by atoms with van der Waals surface area (Å²) in [7, 11) is 1.70. The molecule has 0 radical (unpaired) electrons. The normalized spacial score (nSPS) is 14.1. The van der Waals surface area contributed by atoms with Crippen molar-refractivity contribution in [2.24, 2.45) is 0 Å². The van der Waals surface area contributed by atoms with Crippen LogP contribution in [0, 0.1) is 0 Å². The number of fused-ring (bicyclic) bond motifs is 1. The van der Waals surface area contributed by atoms with Gasteiger partial charge in [0, 0.05) is 24.1 Å². The Morgan fingerprint density at radius 2 is 1.86 bits per heavy atom. The maximum absolute atomic E-state index is 9.21. The molecular weight excluding hydrogens is 262 g/mol. The topological polar surface area (TPSA) is 41.5 Å². The van der Waals surface area contributed by atoms with Crippen molar-refractivity contribution >= 4 is 10.8 Å². The molecule has 0 saturated heterocycles. The van der Waals surface area contributed by atoms with Gasteiger partial charge in [0.2, 0.25) is 0 Å². The lowest BCUT2D eigenvalue weighted by molar-refractivity contribution is 0.214. The lowest BCUT2D eigenvalue weighted by Gasteiger charge is -2.29. The Morgan fingerprint density at radius 3 is 2.48 bits per heavy atom. The Kier molecular flexibility index (Phi) is 5.21. The van der Waals surface area contributed by atoms with Crippen LogP contribution in [0.4, 0.5) is 0 Å². The molecule has 3 heteroatoms. The molecule has 0 spiro atoms. The third kappa shape index (κ3) is 3.55. The maximum Gasteiger partial charge on any atom is 0.126 e. The number of ether oxygens (including phenoxy) is 1. The molecule has 2 N–H and O–H groups in total. The van der Waals surface area contributed by atoms with Gasteiger partial charge in [0.15, 0.2) is 0 Å². The number of rotatable bonds is 7. The van der Waals surface area contributed by atoms with Crippen LogP contribution in [0.2, 0.25) is 0 Å². The molecule has 0 aliphatic heterocycles. The summed E-state index contributed by atoms with van der Waals surface area (Å²) in [6.45, 7) is 5.30. The lowest BCUT2D eigenvalue weighted by atomic mass is 9.94. The first-order valence-electron chi connectivity index (χ1n) is 7.54. The average molecular weight is 287 g/mol. The Labute approximate surface area is 126 Å². The summed E-state index contributed by atoms with van der Waals surface area (Å²) in [6.07, 6.45) is 1.75. The van der Waals surface area contributed by atoms with Gasteiger partial charge in [-0.15, -0.1) is 0 Å². The second-order valence-corrected chi connectivity index (χ2v) is 5.71. The first-order chi connectivity index (χ1) is 10.1. The van der Waals surface area contributed by atoms with E-state index in [1.54, 1.807) is 7.11 Å². The smallest absolute Gasteiger partial charge is 0.126 e. The zero-order valence-corrected chi connectivity index (χ0v) is 13.1. The Balaban J connectivity index is 2.27. The van der Waals surface area contributed by atoms with Gasteiger partial charge in [0.25, 0.3) is 0 Å². The molecule has 114 valence electrons. The van der Waals surface area contributed by atoms with E-state index in [0.717, 1.165) is 30.5 Å². The average Bonchev–Trinajstić information content (AvgIpc) is 2.53. The third-order valence-corrected chi connectivity index (χ3v) is 4.34. The van der Waals surface area contributed by atoms with E-state index in [4.69, 9.17) is 4.74 Å². The monoisotopic (exact) mass is 287 g/mol. The molecule has 1 unspecified atom stereocenters. The number of nitrogens with one attached hydrogen (secondary N) is 1. The molecule has 0 amide bonds. The number of methoxy groups -OCH3 is 1. The van der Waals surface area contributed by atoms with E-state index >= 15 is 0 Å². The molecule has 2 aromatic carbocycles. The molecule has 0 fully saturated rings. The standard InChI is InChI=1S/C18H25NO2/c1-4-18(2,11-12-20)19-13-14-9-10-17(21-3)16-8-6-5-7-15(14)16/h5-10,19-20H,4,11-13H2,1-3H3. The van der Waals surface area contributed by atoms with E-state index in [0.29, 0.717) is 0 Å². The van der Waals surface area contributed by atoms with Crippen molar-refractivity contribution in [2.45, 2.75) is 38.8 Å². The second kappa shape index (κ2) is 6.92. The van der Waals surface area contributed by atoms with Crippen molar-refractivity contribution in [2.75, 3.05) is 13.7 Å². The minimum Gasteiger partial charge on any atom is -0.496 e. The van der Waals surface area contributed by atoms with E-state index in [-0.39, 0.29) is 12.1 Å². The molecular formula is C18H25NO2. The summed E-state index contributed by atoms with van der Waals surface area (Å²) in [5, 5.41) is 15.2. The van der Waals surface area contributed by atoms with Gasteiger partial charge in [0.1, 0.15) is 5.75 Å².